The van der Waals surface area contributed by atoms with Gasteiger partial charge in [0.25, 0.3) is 0 Å². The Balaban J connectivity index is 2.12. The molecular weight excluding hydrogens is 258 g/mol. The first-order valence-electron chi connectivity index (χ1n) is 6.47. The second-order valence-corrected chi connectivity index (χ2v) is 4.98. The van der Waals surface area contributed by atoms with E-state index in [0.717, 1.165) is 0 Å². The number of carboxylic acid groups (broad SMARTS) is 1. The number of amides is 1. The standard InChI is InChI=1S/C15H17NO4/c1-9-8-10(6-7-13(9)17)16-14(18)11-4-2-3-5-12(11)15(19)20/h2-3,6-8,11-12,17H,4-5H2,1H3,(H,16,18)(H,19,20). The molecule has 3 N–H and O–H groups in total. The summed E-state index contributed by atoms with van der Waals surface area (Å²) in [5, 5.41) is 21.3. The fourth-order valence-electron chi connectivity index (χ4n) is 2.35. The van der Waals surface area contributed by atoms with E-state index in [2.05, 4.69) is 5.32 Å². The number of anilines is 1. The molecule has 0 bridgehead atoms. The minimum atomic E-state index is -0.948. The highest BCUT2D eigenvalue weighted by molar-refractivity contribution is 5.95. The van der Waals surface area contributed by atoms with E-state index in [0.29, 0.717) is 24.1 Å². The third kappa shape index (κ3) is 2.99. The van der Waals surface area contributed by atoms with E-state index in [-0.39, 0.29) is 11.7 Å². The molecule has 1 amide bonds. The lowest BCUT2D eigenvalue weighted by molar-refractivity contribution is -0.146. The van der Waals surface area contributed by atoms with Crippen LogP contribution >= 0.6 is 0 Å². The molecule has 1 aliphatic carbocycles. The molecule has 0 saturated carbocycles. The number of nitrogens with one attached hydrogen (secondary N) is 1. The molecule has 5 heteroatoms. The zero-order valence-corrected chi connectivity index (χ0v) is 11.2. The lowest BCUT2D eigenvalue weighted by Gasteiger charge is -2.24. The van der Waals surface area contributed by atoms with Crippen molar-refractivity contribution in [3.05, 3.63) is 35.9 Å². The molecule has 1 aromatic carbocycles. The van der Waals surface area contributed by atoms with Crippen molar-refractivity contribution in [1.29, 1.82) is 0 Å². The molecular formula is C15H17NO4. The van der Waals surface area contributed by atoms with Gasteiger partial charge in [-0.15, -0.1) is 0 Å². The van der Waals surface area contributed by atoms with Crippen LogP contribution in [0, 0.1) is 18.8 Å². The van der Waals surface area contributed by atoms with Gasteiger partial charge in [-0.25, -0.2) is 0 Å². The Kier molecular flexibility index (Phi) is 4.08. The maximum Gasteiger partial charge on any atom is 0.307 e. The molecule has 1 aromatic rings. The van der Waals surface area contributed by atoms with E-state index < -0.39 is 17.8 Å². The smallest absolute Gasteiger partial charge is 0.307 e. The van der Waals surface area contributed by atoms with Crippen LogP contribution in [0.4, 0.5) is 5.69 Å². The SMILES string of the molecule is Cc1cc(NC(=O)C2CC=CCC2C(=O)O)ccc1O. The van der Waals surface area contributed by atoms with Crippen molar-refractivity contribution in [2.75, 3.05) is 5.32 Å². The summed E-state index contributed by atoms with van der Waals surface area (Å²) < 4.78 is 0. The van der Waals surface area contributed by atoms with Gasteiger partial charge >= 0.3 is 5.97 Å². The Morgan fingerprint density at radius 2 is 1.85 bits per heavy atom. The number of carbonyl (C=O) groups excluding carboxylic acids is 1. The number of aryl methyl sites for hydroxylation is 1. The number of rotatable bonds is 3. The highest BCUT2D eigenvalue weighted by Gasteiger charge is 2.33. The van der Waals surface area contributed by atoms with Gasteiger partial charge in [-0.05, 0) is 43.5 Å². The number of phenolic OH excluding ortho intramolecular Hbond substituents is 1. The van der Waals surface area contributed by atoms with Gasteiger partial charge in [0.2, 0.25) is 5.91 Å². The van der Waals surface area contributed by atoms with Gasteiger partial charge in [-0.1, -0.05) is 12.2 Å². The fraction of sp³-hybridized carbons (Fsp3) is 0.333. The first-order valence-corrected chi connectivity index (χ1v) is 6.47. The molecule has 106 valence electrons. The number of benzene rings is 1. The van der Waals surface area contributed by atoms with Crippen molar-refractivity contribution in [1.82, 2.24) is 0 Å². The van der Waals surface area contributed by atoms with Crippen LogP contribution < -0.4 is 5.32 Å². The second-order valence-electron chi connectivity index (χ2n) is 4.98. The Morgan fingerprint density at radius 1 is 1.20 bits per heavy atom. The first-order chi connectivity index (χ1) is 9.49. The normalized spacial score (nSPS) is 21.4. The van der Waals surface area contributed by atoms with Gasteiger partial charge in [0.1, 0.15) is 5.75 Å². The summed E-state index contributed by atoms with van der Waals surface area (Å²) >= 11 is 0. The van der Waals surface area contributed by atoms with Gasteiger partial charge in [0, 0.05) is 5.69 Å². The fourth-order valence-corrected chi connectivity index (χ4v) is 2.35. The lowest BCUT2D eigenvalue weighted by atomic mass is 9.82. The molecule has 5 nitrogen and oxygen atoms in total. The molecule has 1 aliphatic rings. The average molecular weight is 275 g/mol. The number of aliphatic carboxylic acids is 1. The summed E-state index contributed by atoms with van der Waals surface area (Å²) in [7, 11) is 0. The van der Waals surface area contributed by atoms with Crippen molar-refractivity contribution in [2.45, 2.75) is 19.8 Å². The number of hydrogen-bond donors (Lipinski definition) is 3. The maximum atomic E-state index is 12.2. The van der Waals surface area contributed by atoms with Crippen molar-refractivity contribution in [2.24, 2.45) is 11.8 Å². The van der Waals surface area contributed by atoms with Crippen molar-refractivity contribution in [3.63, 3.8) is 0 Å². The molecule has 0 aromatic heterocycles. The van der Waals surface area contributed by atoms with Gasteiger partial charge in [0.05, 0.1) is 11.8 Å². The van der Waals surface area contributed by atoms with E-state index in [9.17, 15) is 14.7 Å². The zero-order chi connectivity index (χ0) is 14.7. The Bertz CT molecular complexity index is 565. The summed E-state index contributed by atoms with van der Waals surface area (Å²) in [5.74, 6) is -2.33. The molecule has 20 heavy (non-hydrogen) atoms. The Hall–Kier alpha value is -2.30. The van der Waals surface area contributed by atoms with Gasteiger partial charge in [-0.3, -0.25) is 9.59 Å². The molecule has 2 unspecified atom stereocenters. The highest BCUT2D eigenvalue weighted by atomic mass is 16.4. The van der Waals surface area contributed by atoms with Crippen LogP contribution in [0.3, 0.4) is 0 Å². The number of carbonyl (C=O) groups is 2. The monoisotopic (exact) mass is 275 g/mol. The van der Waals surface area contributed by atoms with Crippen LogP contribution in [0.25, 0.3) is 0 Å². The summed E-state index contributed by atoms with van der Waals surface area (Å²) in [6, 6.07) is 4.75. The molecule has 2 atom stereocenters. The van der Waals surface area contributed by atoms with Crippen LogP contribution in [-0.4, -0.2) is 22.1 Å². The van der Waals surface area contributed by atoms with E-state index in [1.54, 1.807) is 25.1 Å². The quantitative estimate of drug-likeness (QED) is 0.583. The van der Waals surface area contributed by atoms with Crippen LogP contribution in [0.2, 0.25) is 0 Å². The third-order valence-electron chi connectivity index (χ3n) is 3.55. The minimum absolute atomic E-state index is 0.159. The molecule has 0 spiro atoms. The molecule has 0 saturated heterocycles. The molecule has 2 rings (SSSR count). The van der Waals surface area contributed by atoms with Crippen molar-refractivity contribution >= 4 is 17.6 Å². The highest BCUT2D eigenvalue weighted by Crippen LogP contribution is 2.28. The summed E-state index contributed by atoms with van der Waals surface area (Å²) in [6.07, 6.45) is 4.45. The predicted octanol–water partition coefficient (Wildman–Crippen LogP) is 2.31. The number of hydrogen-bond acceptors (Lipinski definition) is 3. The van der Waals surface area contributed by atoms with Gasteiger partial charge in [-0.2, -0.15) is 0 Å². The Morgan fingerprint density at radius 3 is 2.45 bits per heavy atom. The number of carboxylic acids is 1. The van der Waals surface area contributed by atoms with Crippen molar-refractivity contribution in [3.8, 4) is 5.75 Å². The molecule has 0 heterocycles. The first kappa shape index (κ1) is 14.1. The number of aromatic hydroxyl groups is 1. The van der Waals surface area contributed by atoms with Gasteiger partial charge < -0.3 is 15.5 Å². The molecule has 0 fully saturated rings. The van der Waals surface area contributed by atoms with Crippen LogP contribution in [-0.2, 0) is 9.59 Å². The van der Waals surface area contributed by atoms with Crippen LogP contribution in [0.1, 0.15) is 18.4 Å². The molecule has 0 aliphatic heterocycles. The lowest BCUT2D eigenvalue weighted by Crippen LogP contribution is -2.34. The largest absolute Gasteiger partial charge is 0.508 e. The predicted molar refractivity (Wildman–Crippen MR) is 74.5 cm³/mol. The van der Waals surface area contributed by atoms with Crippen LogP contribution in [0.15, 0.2) is 30.4 Å². The molecule has 0 radical (unpaired) electrons. The van der Waals surface area contributed by atoms with E-state index in [4.69, 9.17) is 5.11 Å². The van der Waals surface area contributed by atoms with E-state index >= 15 is 0 Å². The van der Waals surface area contributed by atoms with Crippen LogP contribution in [0.5, 0.6) is 5.75 Å². The topological polar surface area (TPSA) is 86.6 Å². The number of allylic oxidation sites excluding steroid dienone is 2. The minimum Gasteiger partial charge on any atom is -0.508 e. The van der Waals surface area contributed by atoms with Gasteiger partial charge in [0.15, 0.2) is 0 Å². The second kappa shape index (κ2) is 5.77. The van der Waals surface area contributed by atoms with E-state index in [1.807, 2.05) is 6.08 Å². The Labute approximate surface area is 116 Å². The van der Waals surface area contributed by atoms with E-state index in [1.165, 1.54) is 6.07 Å². The summed E-state index contributed by atoms with van der Waals surface area (Å²) in [5.41, 5.74) is 1.21. The van der Waals surface area contributed by atoms with Crippen molar-refractivity contribution < 1.29 is 19.8 Å². The average Bonchev–Trinajstić information content (AvgIpc) is 2.43. The number of phenols is 1. The zero-order valence-electron chi connectivity index (χ0n) is 11.2. The summed E-state index contributed by atoms with van der Waals surface area (Å²) in [6.45, 7) is 1.73. The summed E-state index contributed by atoms with van der Waals surface area (Å²) in [4.78, 5) is 23.4. The third-order valence-corrected chi connectivity index (χ3v) is 3.55. The maximum absolute atomic E-state index is 12.2.